The van der Waals surface area contributed by atoms with Crippen molar-refractivity contribution in [3.63, 3.8) is 0 Å². The van der Waals surface area contributed by atoms with Gasteiger partial charge in [0, 0.05) is 55.7 Å². The van der Waals surface area contributed by atoms with Crippen molar-refractivity contribution in [2.24, 2.45) is 7.05 Å². The van der Waals surface area contributed by atoms with Gasteiger partial charge in [0.2, 0.25) is 0 Å². The fourth-order valence-electron chi connectivity index (χ4n) is 8.98. The summed E-state index contributed by atoms with van der Waals surface area (Å²) in [5, 5.41) is 19.3. The maximum absolute atomic E-state index is 14.6. The molecule has 0 spiro atoms. The van der Waals surface area contributed by atoms with E-state index in [1.807, 2.05) is 35.5 Å². The second-order valence-corrected chi connectivity index (χ2v) is 15.6. The third kappa shape index (κ3) is 5.54. The first-order chi connectivity index (χ1) is 24.6. The van der Waals surface area contributed by atoms with Crippen LogP contribution in [0.15, 0.2) is 24.5 Å². The molecule has 0 radical (unpaired) electrons. The molecule has 8 heterocycles. The molecule has 0 bridgehead atoms. The van der Waals surface area contributed by atoms with E-state index in [1.54, 1.807) is 13.1 Å². The van der Waals surface area contributed by atoms with Gasteiger partial charge in [0.25, 0.3) is 0 Å². The summed E-state index contributed by atoms with van der Waals surface area (Å²) in [4.78, 5) is 19.3. The van der Waals surface area contributed by atoms with Gasteiger partial charge in [0.15, 0.2) is 6.23 Å². The van der Waals surface area contributed by atoms with Crippen molar-refractivity contribution in [2.45, 2.75) is 75.9 Å². The van der Waals surface area contributed by atoms with Crippen LogP contribution < -0.4 is 9.64 Å². The normalized spacial score (nSPS) is 27.5. The molecule has 4 aliphatic heterocycles. The summed E-state index contributed by atoms with van der Waals surface area (Å²) in [6.07, 6.45) is 8.06. The molecule has 9 rings (SSSR count). The zero-order valence-electron chi connectivity index (χ0n) is 29.4. The predicted octanol–water partition coefficient (Wildman–Crippen LogP) is 5.74. The molecular weight excluding hydrogens is 675 g/mol. The van der Waals surface area contributed by atoms with Crippen LogP contribution in [0.25, 0.3) is 44.1 Å². The molecule has 0 aliphatic carbocycles. The van der Waals surface area contributed by atoms with E-state index < -0.39 is 11.8 Å². The lowest BCUT2D eigenvalue weighted by atomic mass is 9.95. The van der Waals surface area contributed by atoms with Crippen LogP contribution in [0.2, 0.25) is 5.02 Å². The molecule has 270 valence electrons. The Morgan fingerprint density at radius 2 is 2.04 bits per heavy atom. The van der Waals surface area contributed by atoms with Gasteiger partial charge in [-0.3, -0.25) is 9.88 Å². The Hall–Kier alpha value is -3.62. The number of hydrogen-bond donors (Lipinski definition) is 1. The van der Waals surface area contributed by atoms with E-state index in [-0.39, 0.29) is 24.4 Å². The number of fused-ring (bicyclic) bond motifs is 5. The van der Waals surface area contributed by atoms with Crippen molar-refractivity contribution >= 4 is 50.3 Å². The maximum atomic E-state index is 14.6. The molecule has 4 saturated heterocycles. The number of hydrogen-bond acceptors (Lipinski definition) is 10. The number of aromatic nitrogens is 6. The number of β-amino-alcohol motifs (C(OH)–C–C–N with tert-alkyl or cyclic N) is 1. The van der Waals surface area contributed by atoms with Crippen molar-refractivity contribution in [1.29, 1.82) is 0 Å². The van der Waals surface area contributed by atoms with Crippen molar-refractivity contribution in [2.75, 3.05) is 57.5 Å². The van der Waals surface area contributed by atoms with Crippen LogP contribution >= 0.6 is 11.6 Å². The summed E-state index contributed by atoms with van der Waals surface area (Å²) in [6.45, 7) is 7.59. The Kier molecular flexibility index (Phi) is 8.15. The molecule has 1 aromatic carbocycles. The van der Waals surface area contributed by atoms with Gasteiger partial charge in [-0.05, 0) is 70.2 Å². The van der Waals surface area contributed by atoms with E-state index in [4.69, 9.17) is 45.9 Å². The van der Waals surface area contributed by atoms with Gasteiger partial charge in [-0.25, -0.2) is 9.07 Å². The van der Waals surface area contributed by atoms with Gasteiger partial charge >= 0.3 is 6.01 Å². The van der Waals surface area contributed by atoms with Crippen molar-refractivity contribution in [3.8, 4) is 17.3 Å². The second-order valence-electron chi connectivity index (χ2n) is 15.2. The van der Waals surface area contributed by atoms with E-state index >= 15 is 0 Å². The average molecular weight is 719 g/mol. The van der Waals surface area contributed by atoms with E-state index in [9.17, 15) is 9.50 Å². The molecule has 4 atom stereocenters. The number of alkyl halides is 1. The van der Waals surface area contributed by atoms with Crippen LogP contribution in [-0.2, 0) is 16.5 Å². The smallest absolute Gasteiger partial charge is 0.320 e. The monoisotopic (exact) mass is 718 g/mol. The molecule has 4 fully saturated rings. The Morgan fingerprint density at radius 1 is 1.16 bits per heavy atom. The van der Waals surface area contributed by atoms with E-state index in [2.05, 4.69) is 15.9 Å². The summed E-state index contributed by atoms with van der Waals surface area (Å²) in [5.74, 6) is 0.641. The van der Waals surface area contributed by atoms with Gasteiger partial charge in [0.05, 0.1) is 58.6 Å². The Morgan fingerprint density at radius 3 is 2.88 bits per heavy atom. The number of anilines is 1. The number of aryl methyl sites for hydroxylation is 2. The minimum atomic E-state index is -1.10. The highest BCUT2D eigenvalue weighted by molar-refractivity contribution is 6.36. The molecule has 4 aliphatic rings. The van der Waals surface area contributed by atoms with Crippen molar-refractivity contribution in [3.05, 3.63) is 35.1 Å². The molecule has 0 saturated carbocycles. The number of pyridine rings is 1. The molecule has 12 nitrogen and oxygen atoms in total. The van der Waals surface area contributed by atoms with Crippen LogP contribution in [-0.4, -0.2) is 109 Å². The zero-order chi connectivity index (χ0) is 35.1. The quantitative estimate of drug-likeness (QED) is 0.233. The van der Waals surface area contributed by atoms with E-state index in [0.717, 1.165) is 77.0 Å². The topological polar surface area (TPSA) is 116 Å². The second kappa shape index (κ2) is 12.5. The van der Waals surface area contributed by atoms with Gasteiger partial charge < -0.3 is 28.8 Å². The van der Waals surface area contributed by atoms with Crippen LogP contribution in [0.5, 0.6) is 6.01 Å². The lowest BCUT2D eigenvalue weighted by molar-refractivity contribution is -0.0366. The first-order valence-electron chi connectivity index (χ1n) is 18.1. The van der Waals surface area contributed by atoms with Gasteiger partial charge in [0.1, 0.15) is 29.8 Å². The van der Waals surface area contributed by atoms with E-state index in [0.29, 0.717) is 68.1 Å². The third-order valence-electron chi connectivity index (χ3n) is 11.4. The fraction of sp³-hybridized carbons (Fsp3) is 0.568. The molecule has 14 heteroatoms. The van der Waals surface area contributed by atoms with Crippen molar-refractivity contribution < 1.29 is 23.7 Å². The highest BCUT2D eigenvalue weighted by Crippen LogP contribution is 2.45. The number of halogens is 2. The lowest BCUT2D eigenvalue weighted by Gasteiger charge is -2.31. The molecule has 5 aromatic rings. The average Bonchev–Trinajstić information content (AvgIpc) is 3.83. The van der Waals surface area contributed by atoms with E-state index in [1.165, 1.54) is 0 Å². The maximum Gasteiger partial charge on any atom is 0.320 e. The highest BCUT2D eigenvalue weighted by atomic mass is 35.5. The van der Waals surface area contributed by atoms with Crippen LogP contribution in [0.3, 0.4) is 0 Å². The number of rotatable bonds is 6. The highest BCUT2D eigenvalue weighted by Gasteiger charge is 2.49. The fourth-order valence-corrected chi connectivity index (χ4v) is 9.23. The molecule has 0 amide bonds. The number of ether oxygens (including phenoxy) is 3. The first-order valence-corrected chi connectivity index (χ1v) is 18.5. The van der Waals surface area contributed by atoms with Crippen LogP contribution in [0.4, 0.5) is 10.2 Å². The summed E-state index contributed by atoms with van der Waals surface area (Å²) < 4.78 is 37.0. The summed E-state index contributed by atoms with van der Waals surface area (Å²) >= 11 is 7.19. The molecule has 1 unspecified atom stereocenters. The minimum Gasteiger partial charge on any atom is -0.461 e. The summed E-state index contributed by atoms with van der Waals surface area (Å²) in [5.41, 5.74) is 3.41. The minimum absolute atomic E-state index is 0.131. The van der Waals surface area contributed by atoms with Crippen LogP contribution in [0.1, 0.15) is 57.2 Å². The largest absolute Gasteiger partial charge is 0.461 e. The standard InChI is InChI=1S/C37H44ClFN8O4/c1-22-15-26-25(17-41-47(26)27-7-4-5-13-50-27)28(30(22)38)31-32-24(8-10-40-31)29-33(44(32)3)42-35(43-34(29)45-12-14-49-20-36(2,48)19-45)51-21-37-9-6-11-46(37)18-23(39)16-37/h8,10,15,17,23,27,48H,4-7,9,11-14,16,18-21H2,1-3H3/t23-,27?,36+,37+/m1/s1. The van der Waals surface area contributed by atoms with Gasteiger partial charge in [-0.15, -0.1) is 0 Å². The Labute approximate surface area is 300 Å². The number of benzene rings is 1. The predicted molar refractivity (Wildman–Crippen MR) is 193 cm³/mol. The number of aliphatic hydroxyl groups is 1. The Bertz CT molecular complexity index is 2150. The Balaban J connectivity index is 1.23. The molecular formula is C37H44ClFN8O4. The summed E-state index contributed by atoms with van der Waals surface area (Å²) in [6, 6.07) is 4.28. The number of nitrogens with zero attached hydrogens (tertiary/aromatic N) is 8. The van der Waals surface area contributed by atoms with Crippen molar-refractivity contribution in [1.82, 2.24) is 34.2 Å². The molecule has 51 heavy (non-hydrogen) atoms. The lowest BCUT2D eigenvalue weighted by Crippen LogP contribution is -2.44. The van der Waals surface area contributed by atoms with Crippen LogP contribution in [0, 0.1) is 6.92 Å². The summed E-state index contributed by atoms with van der Waals surface area (Å²) in [7, 11) is 1.97. The molecule has 1 N–H and O–H groups in total. The van der Waals surface area contributed by atoms with Gasteiger partial charge in [-0.2, -0.15) is 15.1 Å². The molecule has 4 aromatic heterocycles. The first kappa shape index (κ1) is 33.2. The SMILES string of the molecule is Cc1cc2c(cnn2C2CCCCO2)c(-c2nccc3c4c(N5CCOC[C@@](C)(O)C5)nc(OC[C@@]56CCCN5C[C@H](F)C6)nc4n(C)c23)c1Cl. The van der Waals surface area contributed by atoms with Gasteiger partial charge in [-0.1, -0.05) is 11.6 Å². The third-order valence-corrected chi connectivity index (χ3v) is 11.9. The zero-order valence-corrected chi connectivity index (χ0v) is 30.1.